The van der Waals surface area contributed by atoms with Crippen LogP contribution in [0.4, 0.5) is 4.39 Å². The Morgan fingerprint density at radius 1 is 1.33 bits per heavy atom. The van der Waals surface area contributed by atoms with Crippen molar-refractivity contribution in [3.8, 4) is 0 Å². The Hall–Kier alpha value is -0.870. The Morgan fingerprint density at radius 3 is 2.83 bits per heavy atom. The van der Waals surface area contributed by atoms with Crippen LogP contribution >= 0.6 is 23.2 Å². The van der Waals surface area contributed by atoms with Gasteiger partial charge in [-0.15, -0.1) is 5.10 Å². The summed E-state index contributed by atoms with van der Waals surface area (Å²) >= 11 is 11.3. The van der Waals surface area contributed by atoms with E-state index in [-0.39, 0.29) is 10.3 Å². The van der Waals surface area contributed by atoms with Crippen LogP contribution in [-0.2, 0) is 0 Å². The van der Waals surface area contributed by atoms with Crippen molar-refractivity contribution in [2.24, 2.45) is 0 Å². The van der Waals surface area contributed by atoms with Gasteiger partial charge in [-0.05, 0) is 0 Å². The molecule has 0 spiro atoms. The molecule has 6 heteroatoms. The Kier molecular flexibility index (Phi) is 1.66. The monoisotopic (exact) mass is 205 g/mol. The third kappa shape index (κ3) is 1.13. The first-order chi connectivity index (χ1) is 5.66. The molecule has 0 aliphatic rings. The maximum absolute atomic E-state index is 12.6. The molecule has 0 aliphatic heterocycles. The van der Waals surface area contributed by atoms with E-state index in [1.165, 1.54) is 10.6 Å². The molecule has 0 aliphatic carbocycles. The normalized spacial score (nSPS) is 10.9. The minimum atomic E-state index is -0.633. The maximum atomic E-state index is 12.6. The quantitative estimate of drug-likeness (QED) is 0.618. The molecule has 3 nitrogen and oxygen atoms in total. The summed E-state index contributed by atoms with van der Waals surface area (Å²) in [5.74, 6) is -0.633. The number of hydrogen-bond acceptors (Lipinski definition) is 2. The summed E-state index contributed by atoms with van der Waals surface area (Å²) in [4.78, 5) is 3.80. The van der Waals surface area contributed by atoms with Crippen molar-refractivity contribution < 1.29 is 4.39 Å². The highest BCUT2D eigenvalue weighted by Gasteiger charge is 2.05. The fraction of sp³-hybridized carbons (Fsp3) is 0. The van der Waals surface area contributed by atoms with Gasteiger partial charge in [0.2, 0.25) is 5.95 Å². The third-order valence-corrected chi connectivity index (χ3v) is 1.79. The van der Waals surface area contributed by atoms with Crippen LogP contribution in [0, 0.1) is 5.95 Å². The number of halogens is 3. The molecular formula is C6H2Cl2FN3. The fourth-order valence-corrected chi connectivity index (χ4v) is 1.35. The maximum Gasteiger partial charge on any atom is 0.235 e. The Morgan fingerprint density at radius 2 is 2.08 bits per heavy atom. The molecule has 2 aromatic rings. The van der Waals surface area contributed by atoms with Crippen molar-refractivity contribution in [3.05, 3.63) is 28.4 Å². The van der Waals surface area contributed by atoms with Crippen LogP contribution in [0.2, 0.25) is 10.3 Å². The van der Waals surface area contributed by atoms with Crippen LogP contribution in [0.5, 0.6) is 0 Å². The summed E-state index contributed by atoms with van der Waals surface area (Å²) in [5.41, 5.74) is 0.296. The van der Waals surface area contributed by atoms with E-state index >= 15 is 0 Å². The van der Waals surface area contributed by atoms with Crippen molar-refractivity contribution >= 4 is 28.8 Å². The molecule has 0 saturated heterocycles. The zero-order chi connectivity index (χ0) is 8.72. The number of rotatable bonds is 0. The molecule has 0 unspecified atom stereocenters. The van der Waals surface area contributed by atoms with E-state index in [1.807, 2.05) is 0 Å². The van der Waals surface area contributed by atoms with Gasteiger partial charge in [0.05, 0.1) is 0 Å². The average molecular weight is 206 g/mol. The summed E-state index contributed by atoms with van der Waals surface area (Å²) in [6.45, 7) is 0. The third-order valence-electron chi connectivity index (χ3n) is 1.32. The molecule has 62 valence electrons. The van der Waals surface area contributed by atoms with Crippen molar-refractivity contribution in [2.75, 3.05) is 0 Å². The highest BCUT2D eigenvalue weighted by Crippen LogP contribution is 2.16. The molecule has 2 aromatic heterocycles. The molecule has 0 N–H and O–H groups in total. The summed E-state index contributed by atoms with van der Waals surface area (Å²) < 4.78 is 13.7. The lowest BCUT2D eigenvalue weighted by Crippen LogP contribution is -1.91. The van der Waals surface area contributed by atoms with Gasteiger partial charge in [0.25, 0.3) is 0 Å². The molecule has 0 atom stereocenters. The van der Waals surface area contributed by atoms with Crippen LogP contribution in [-0.4, -0.2) is 14.6 Å². The van der Waals surface area contributed by atoms with E-state index in [0.717, 1.165) is 6.07 Å². The van der Waals surface area contributed by atoms with E-state index in [0.29, 0.717) is 5.65 Å². The number of hydrogen-bond donors (Lipinski definition) is 0. The van der Waals surface area contributed by atoms with Gasteiger partial charge in [-0.3, -0.25) is 0 Å². The van der Waals surface area contributed by atoms with E-state index < -0.39 is 5.95 Å². The molecule has 0 amide bonds. The van der Waals surface area contributed by atoms with Gasteiger partial charge in [0.15, 0.2) is 5.65 Å². The fourth-order valence-electron chi connectivity index (χ4n) is 0.881. The molecule has 0 bridgehead atoms. The van der Waals surface area contributed by atoms with Crippen LogP contribution in [0.1, 0.15) is 0 Å². The largest absolute Gasteiger partial charge is 0.235 e. The molecule has 0 aromatic carbocycles. The highest BCUT2D eigenvalue weighted by atomic mass is 35.5. The first-order valence-electron chi connectivity index (χ1n) is 3.04. The lowest BCUT2D eigenvalue weighted by Gasteiger charge is -1.95. The first-order valence-corrected chi connectivity index (χ1v) is 3.80. The van der Waals surface area contributed by atoms with Crippen molar-refractivity contribution in [2.45, 2.75) is 0 Å². The topological polar surface area (TPSA) is 30.2 Å². The number of fused-ring (bicyclic) bond motifs is 1. The summed E-state index contributed by atoms with van der Waals surface area (Å²) in [7, 11) is 0. The standard InChI is InChI=1S/C6H2Cl2FN3/c7-3-1-4(8)12-6(10-3)2-5(9)11-12/h1-2H. The van der Waals surface area contributed by atoms with Gasteiger partial charge < -0.3 is 0 Å². The van der Waals surface area contributed by atoms with E-state index in [9.17, 15) is 4.39 Å². The molecule has 0 radical (unpaired) electrons. The van der Waals surface area contributed by atoms with Gasteiger partial charge in [-0.25, -0.2) is 9.50 Å². The zero-order valence-corrected chi connectivity index (χ0v) is 7.14. The second kappa shape index (κ2) is 2.57. The zero-order valence-electron chi connectivity index (χ0n) is 5.63. The SMILES string of the molecule is Fc1cc2nc(Cl)cc(Cl)n2n1. The Bertz CT molecular complexity index is 440. The van der Waals surface area contributed by atoms with Crippen molar-refractivity contribution in [3.63, 3.8) is 0 Å². The van der Waals surface area contributed by atoms with E-state index in [2.05, 4.69) is 10.1 Å². The van der Waals surface area contributed by atoms with Gasteiger partial charge in [-0.2, -0.15) is 4.39 Å². The molecule has 2 heterocycles. The first kappa shape index (κ1) is 7.76. The van der Waals surface area contributed by atoms with Crippen molar-refractivity contribution in [1.29, 1.82) is 0 Å². The van der Waals surface area contributed by atoms with Crippen LogP contribution in [0.3, 0.4) is 0 Å². The lowest BCUT2D eigenvalue weighted by molar-refractivity contribution is 0.571. The predicted molar refractivity (Wildman–Crippen MR) is 43.0 cm³/mol. The van der Waals surface area contributed by atoms with Gasteiger partial charge in [0.1, 0.15) is 10.3 Å². The molecule has 0 fully saturated rings. The van der Waals surface area contributed by atoms with Crippen LogP contribution < -0.4 is 0 Å². The van der Waals surface area contributed by atoms with E-state index in [4.69, 9.17) is 23.2 Å². The number of nitrogens with zero attached hydrogens (tertiary/aromatic N) is 3. The molecular weight excluding hydrogens is 204 g/mol. The average Bonchev–Trinajstić information content (AvgIpc) is 2.29. The van der Waals surface area contributed by atoms with Gasteiger partial charge >= 0.3 is 0 Å². The molecule has 12 heavy (non-hydrogen) atoms. The smallest absolute Gasteiger partial charge is 0.217 e. The predicted octanol–water partition coefficient (Wildman–Crippen LogP) is 2.18. The van der Waals surface area contributed by atoms with Crippen LogP contribution in [0.25, 0.3) is 5.65 Å². The Balaban J connectivity index is 2.88. The highest BCUT2D eigenvalue weighted by molar-refractivity contribution is 6.33. The van der Waals surface area contributed by atoms with Crippen molar-refractivity contribution in [1.82, 2.24) is 14.6 Å². The second-order valence-corrected chi connectivity index (χ2v) is 2.91. The number of aromatic nitrogens is 3. The minimum absolute atomic E-state index is 0.215. The summed E-state index contributed by atoms with van der Waals surface area (Å²) in [5, 5.41) is 3.90. The summed E-state index contributed by atoms with van der Waals surface area (Å²) in [6, 6.07) is 2.54. The Labute approximate surface area is 76.7 Å². The van der Waals surface area contributed by atoms with Gasteiger partial charge in [0, 0.05) is 12.1 Å². The van der Waals surface area contributed by atoms with Crippen LogP contribution in [0.15, 0.2) is 12.1 Å². The minimum Gasteiger partial charge on any atom is -0.217 e. The van der Waals surface area contributed by atoms with Gasteiger partial charge in [-0.1, -0.05) is 23.2 Å². The molecule has 0 saturated carbocycles. The second-order valence-electron chi connectivity index (χ2n) is 2.14. The van der Waals surface area contributed by atoms with E-state index in [1.54, 1.807) is 0 Å². The summed E-state index contributed by atoms with van der Waals surface area (Å²) in [6.07, 6.45) is 0. The lowest BCUT2D eigenvalue weighted by atomic mass is 10.6. The molecule has 2 rings (SSSR count).